The smallest absolute Gasteiger partial charge is 0.0121 e. The summed E-state index contributed by atoms with van der Waals surface area (Å²) >= 11 is 3.37. The van der Waals surface area contributed by atoms with Crippen LogP contribution in [0.25, 0.3) is 0 Å². The minimum atomic E-state index is 1.06. The molecule has 1 rings (SSSR count). The van der Waals surface area contributed by atoms with Crippen LogP contribution in [-0.2, 0) is 6.42 Å². The summed E-state index contributed by atoms with van der Waals surface area (Å²) in [6.07, 6.45) is 3.39. The van der Waals surface area contributed by atoms with E-state index >= 15 is 0 Å². The van der Waals surface area contributed by atoms with Crippen LogP contribution < -0.4 is 0 Å². The Morgan fingerprint density at radius 3 is 2.69 bits per heavy atom. The van der Waals surface area contributed by atoms with E-state index in [9.17, 15) is 0 Å². The van der Waals surface area contributed by atoms with E-state index in [0.29, 0.717) is 0 Å². The van der Waals surface area contributed by atoms with E-state index in [0.717, 1.165) is 17.3 Å². The minimum Gasteiger partial charge on any atom is -0.0889 e. The van der Waals surface area contributed by atoms with Crippen LogP contribution in [-0.4, -0.2) is 0 Å². The summed E-state index contributed by atoms with van der Waals surface area (Å²) in [5, 5.41) is 0. The number of rotatable bonds is 4. The second-order valence-corrected chi connectivity index (χ2v) is 4.42. The highest BCUT2D eigenvalue weighted by atomic mass is 79.9. The number of benzene rings is 1. The highest BCUT2D eigenvalue weighted by Gasteiger charge is 1.96. The zero-order chi connectivity index (χ0) is 9.68. The third kappa shape index (κ3) is 3.77. The maximum Gasteiger partial charge on any atom is -0.0121 e. The van der Waals surface area contributed by atoms with Gasteiger partial charge in [0.25, 0.3) is 0 Å². The number of hydrogen-bond acceptors (Lipinski definition) is 0. The second-order valence-electron chi connectivity index (χ2n) is 3.30. The molecule has 0 amide bonds. The van der Waals surface area contributed by atoms with Crippen molar-refractivity contribution in [3.63, 3.8) is 0 Å². The number of allylic oxidation sites excluding steroid dienone is 1. The lowest BCUT2D eigenvalue weighted by Gasteiger charge is -2.04. The van der Waals surface area contributed by atoms with E-state index in [-0.39, 0.29) is 0 Å². The molecule has 0 N–H and O–H groups in total. The van der Waals surface area contributed by atoms with Crippen molar-refractivity contribution >= 4 is 15.9 Å². The first-order chi connectivity index (χ1) is 6.20. The van der Waals surface area contributed by atoms with Gasteiger partial charge in [0.05, 0.1) is 0 Å². The molecule has 0 nitrogen and oxygen atoms in total. The van der Waals surface area contributed by atoms with Crippen molar-refractivity contribution in [2.75, 3.05) is 0 Å². The van der Waals surface area contributed by atoms with E-state index in [4.69, 9.17) is 0 Å². The predicted molar refractivity (Wildman–Crippen MR) is 62.2 cm³/mol. The van der Waals surface area contributed by atoms with Gasteiger partial charge in [-0.1, -0.05) is 46.8 Å². The lowest BCUT2D eigenvalue weighted by molar-refractivity contribution is 0.834. The Hall–Kier alpha value is -0.560. The van der Waals surface area contributed by atoms with Crippen LogP contribution in [0, 0.1) is 6.92 Å². The molecule has 0 saturated heterocycles. The maximum atomic E-state index is 3.83. The average molecular weight is 239 g/mol. The Balaban J connectivity index is 2.45. The molecule has 0 aromatic heterocycles. The number of halogens is 1. The molecular weight excluding hydrogens is 224 g/mol. The van der Waals surface area contributed by atoms with E-state index < -0.39 is 0 Å². The monoisotopic (exact) mass is 238 g/mol. The van der Waals surface area contributed by atoms with Crippen LogP contribution in [0.5, 0.6) is 0 Å². The first kappa shape index (κ1) is 10.5. The minimum absolute atomic E-state index is 1.06. The molecule has 0 unspecified atom stereocenters. The molecule has 0 bridgehead atoms. The number of aryl methyl sites for hydroxylation is 2. The predicted octanol–water partition coefficient (Wildman–Crippen LogP) is 4.23. The molecule has 0 aliphatic carbocycles. The summed E-state index contributed by atoms with van der Waals surface area (Å²) < 4.78 is 1.10. The Morgan fingerprint density at radius 1 is 1.38 bits per heavy atom. The fourth-order valence-electron chi connectivity index (χ4n) is 1.36. The van der Waals surface area contributed by atoms with Crippen molar-refractivity contribution in [2.45, 2.75) is 26.2 Å². The summed E-state index contributed by atoms with van der Waals surface area (Å²) in [5.41, 5.74) is 2.85. The normalized spacial score (nSPS) is 10.0. The van der Waals surface area contributed by atoms with E-state index in [1.165, 1.54) is 17.5 Å². The molecule has 0 fully saturated rings. The van der Waals surface area contributed by atoms with Crippen LogP contribution in [0.4, 0.5) is 0 Å². The van der Waals surface area contributed by atoms with E-state index in [1.54, 1.807) is 0 Å². The molecule has 0 spiro atoms. The first-order valence-electron chi connectivity index (χ1n) is 4.58. The highest BCUT2D eigenvalue weighted by molar-refractivity contribution is 9.11. The molecule has 0 aliphatic rings. The quantitative estimate of drug-likeness (QED) is 0.737. The Bertz CT molecular complexity index is 289. The zero-order valence-corrected chi connectivity index (χ0v) is 9.60. The SMILES string of the molecule is C=C(Br)CCCc1ccccc1C. The van der Waals surface area contributed by atoms with Crippen molar-refractivity contribution < 1.29 is 0 Å². The number of hydrogen-bond donors (Lipinski definition) is 0. The molecule has 0 radical (unpaired) electrons. The molecule has 1 aromatic carbocycles. The molecule has 0 aliphatic heterocycles. The van der Waals surface area contributed by atoms with Crippen LogP contribution in [0.2, 0.25) is 0 Å². The third-order valence-corrected chi connectivity index (χ3v) is 2.55. The van der Waals surface area contributed by atoms with Crippen molar-refractivity contribution in [1.82, 2.24) is 0 Å². The van der Waals surface area contributed by atoms with Gasteiger partial charge in [-0.05, 0) is 41.8 Å². The molecule has 0 saturated carbocycles. The van der Waals surface area contributed by atoms with E-state index in [2.05, 4.69) is 53.7 Å². The molecule has 0 atom stereocenters. The zero-order valence-electron chi connectivity index (χ0n) is 8.02. The van der Waals surface area contributed by atoms with E-state index in [1.807, 2.05) is 0 Å². The molecule has 13 heavy (non-hydrogen) atoms. The third-order valence-electron chi connectivity index (χ3n) is 2.16. The Morgan fingerprint density at radius 2 is 2.08 bits per heavy atom. The summed E-state index contributed by atoms with van der Waals surface area (Å²) in [6.45, 7) is 5.99. The van der Waals surface area contributed by atoms with Crippen molar-refractivity contribution in [1.29, 1.82) is 0 Å². The van der Waals surface area contributed by atoms with Gasteiger partial charge in [0.1, 0.15) is 0 Å². The first-order valence-corrected chi connectivity index (χ1v) is 5.37. The van der Waals surface area contributed by atoms with Crippen LogP contribution in [0.3, 0.4) is 0 Å². The van der Waals surface area contributed by atoms with Crippen molar-refractivity contribution in [3.8, 4) is 0 Å². The molecule has 0 heterocycles. The van der Waals surface area contributed by atoms with Gasteiger partial charge in [-0.25, -0.2) is 0 Å². The fraction of sp³-hybridized carbons (Fsp3) is 0.333. The van der Waals surface area contributed by atoms with Crippen molar-refractivity contribution in [2.24, 2.45) is 0 Å². The molecular formula is C12H15Br. The standard InChI is InChI=1S/C12H15Br/c1-10-6-3-4-8-12(10)9-5-7-11(2)13/h3-4,6,8H,2,5,7,9H2,1H3. The summed E-state index contributed by atoms with van der Waals surface area (Å²) in [5.74, 6) is 0. The lowest BCUT2D eigenvalue weighted by atomic mass is 10.0. The lowest BCUT2D eigenvalue weighted by Crippen LogP contribution is -1.88. The molecule has 1 heteroatoms. The molecule has 70 valence electrons. The maximum absolute atomic E-state index is 3.83. The largest absolute Gasteiger partial charge is 0.0889 e. The second kappa shape index (κ2) is 5.23. The summed E-state index contributed by atoms with van der Waals surface area (Å²) in [6, 6.07) is 8.55. The van der Waals surface area contributed by atoms with Crippen molar-refractivity contribution in [3.05, 3.63) is 46.5 Å². The van der Waals surface area contributed by atoms with Gasteiger partial charge in [0, 0.05) is 0 Å². The Labute approximate surface area is 88.8 Å². The average Bonchev–Trinajstić information content (AvgIpc) is 2.08. The topological polar surface area (TPSA) is 0 Å². The fourth-order valence-corrected chi connectivity index (χ4v) is 1.64. The Kier molecular flexibility index (Phi) is 4.23. The molecule has 1 aromatic rings. The van der Waals surface area contributed by atoms with Gasteiger partial charge in [0.15, 0.2) is 0 Å². The summed E-state index contributed by atoms with van der Waals surface area (Å²) in [7, 11) is 0. The van der Waals surface area contributed by atoms with Crippen LogP contribution in [0.1, 0.15) is 24.0 Å². The van der Waals surface area contributed by atoms with Gasteiger partial charge >= 0.3 is 0 Å². The van der Waals surface area contributed by atoms with Gasteiger partial charge in [-0.15, -0.1) is 0 Å². The highest BCUT2D eigenvalue weighted by Crippen LogP contribution is 2.15. The van der Waals surface area contributed by atoms with Gasteiger partial charge < -0.3 is 0 Å². The van der Waals surface area contributed by atoms with Gasteiger partial charge in [0.2, 0.25) is 0 Å². The van der Waals surface area contributed by atoms with Crippen LogP contribution >= 0.6 is 15.9 Å². The van der Waals surface area contributed by atoms with Gasteiger partial charge in [-0.3, -0.25) is 0 Å². The van der Waals surface area contributed by atoms with Gasteiger partial charge in [-0.2, -0.15) is 0 Å². The summed E-state index contributed by atoms with van der Waals surface area (Å²) in [4.78, 5) is 0. The van der Waals surface area contributed by atoms with Crippen LogP contribution in [0.15, 0.2) is 35.3 Å².